The summed E-state index contributed by atoms with van der Waals surface area (Å²) in [5.74, 6) is 0.700. The van der Waals surface area contributed by atoms with Gasteiger partial charge < -0.3 is 10.6 Å². The highest BCUT2D eigenvalue weighted by Crippen LogP contribution is 2.09. The molecule has 0 aliphatic carbocycles. The van der Waals surface area contributed by atoms with Crippen LogP contribution in [-0.4, -0.2) is 29.1 Å². The summed E-state index contributed by atoms with van der Waals surface area (Å²) in [4.78, 5) is 8.33. The first-order valence-corrected chi connectivity index (χ1v) is 6.09. The van der Waals surface area contributed by atoms with Crippen molar-refractivity contribution in [3.05, 3.63) is 16.9 Å². The Kier molecular flexibility index (Phi) is 8.86. The maximum Gasteiger partial charge on any atom is 0.222 e. The van der Waals surface area contributed by atoms with E-state index < -0.39 is 0 Å². The quantitative estimate of drug-likeness (QED) is 0.885. The topological polar surface area (TPSA) is 49.8 Å². The second kappa shape index (κ2) is 8.91. The van der Waals surface area contributed by atoms with E-state index in [0.29, 0.717) is 12.0 Å². The van der Waals surface area contributed by atoms with Crippen molar-refractivity contribution >= 4 is 46.7 Å². The third-order valence-electron chi connectivity index (χ3n) is 2.54. The molecule has 98 valence electrons. The molecule has 0 unspecified atom stereocenters. The molecule has 0 spiro atoms. The van der Waals surface area contributed by atoms with Crippen LogP contribution in [0, 0.1) is 0 Å². The minimum Gasteiger partial charge on any atom is -0.353 e. The van der Waals surface area contributed by atoms with Gasteiger partial charge in [-0.05, 0) is 35.3 Å². The Morgan fingerprint density at radius 3 is 2.59 bits per heavy atom. The number of piperidine rings is 1. The van der Waals surface area contributed by atoms with Crippen molar-refractivity contribution in [3.63, 3.8) is 0 Å². The fourth-order valence-corrected chi connectivity index (χ4v) is 1.92. The number of rotatable bonds is 3. The molecule has 0 aromatic carbocycles. The number of nitrogens with one attached hydrogen (secondary N) is 2. The van der Waals surface area contributed by atoms with E-state index >= 15 is 0 Å². The van der Waals surface area contributed by atoms with E-state index in [1.807, 2.05) is 0 Å². The van der Waals surface area contributed by atoms with Crippen LogP contribution in [0.1, 0.15) is 19.3 Å². The lowest BCUT2D eigenvalue weighted by atomic mass is 10.1. The number of anilines is 1. The molecular formula is C10H17BrCl2N4. The summed E-state index contributed by atoms with van der Waals surface area (Å²) in [6, 6.07) is 0.561. The van der Waals surface area contributed by atoms with Crippen LogP contribution in [0.4, 0.5) is 5.95 Å². The second-order valence-corrected chi connectivity index (χ2v) is 4.67. The van der Waals surface area contributed by atoms with Crippen molar-refractivity contribution < 1.29 is 0 Å². The second-order valence-electron chi connectivity index (χ2n) is 3.75. The van der Waals surface area contributed by atoms with Gasteiger partial charge in [-0.25, -0.2) is 9.97 Å². The SMILES string of the molecule is Brc1cnc(NC[C@@H]2CCCCN2)nc1.Cl.Cl. The van der Waals surface area contributed by atoms with Crippen molar-refractivity contribution in [2.24, 2.45) is 0 Å². The number of nitrogens with zero attached hydrogens (tertiary/aromatic N) is 2. The van der Waals surface area contributed by atoms with Gasteiger partial charge in [-0.3, -0.25) is 0 Å². The molecule has 1 fully saturated rings. The van der Waals surface area contributed by atoms with Gasteiger partial charge in [0.25, 0.3) is 0 Å². The lowest BCUT2D eigenvalue weighted by Crippen LogP contribution is -2.39. The van der Waals surface area contributed by atoms with Gasteiger partial charge in [-0.2, -0.15) is 0 Å². The van der Waals surface area contributed by atoms with Crippen LogP contribution in [0.2, 0.25) is 0 Å². The maximum atomic E-state index is 4.17. The number of hydrogen-bond donors (Lipinski definition) is 2. The monoisotopic (exact) mass is 342 g/mol. The first-order valence-electron chi connectivity index (χ1n) is 5.29. The molecule has 0 bridgehead atoms. The number of hydrogen-bond acceptors (Lipinski definition) is 4. The predicted molar refractivity (Wildman–Crippen MR) is 78.4 cm³/mol. The summed E-state index contributed by atoms with van der Waals surface area (Å²) in [6.45, 7) is 2.04. The summed E-state index contributed by atoms with van der Waals surface area (Å²) < 4.78 is 0.906. The van der Waals surface area contributed by atoms with Gasteiger partial charge in [-0.15, -0.1) is 24.8 Å². The zero-order chi connectivity index (χ0) is 10.5. The molecule has 17 heavy (non-hydrogen) atoms. The molecule has 2 rings (SSSR count). The molecule has 1 atom stereocenters. The molecule has 1 saturated heterocycles. The summed E-state index contributed by atoms with van der Waals surface area (Å²) >= 11 is 3.31. The van der Waals surface area contributed by atoms with Crippen molar-refractivity contribution in [1.29, 1.82) is 0 Å². The first-order chi connectivity index (χ1) is 7.34. The molecule has 1 aliphatic rings. The highest BCUT2D eigenvalue weighted by Gasteiger charge is 2.11. The zero-order valence-electron chi connectivity index (χ0n) is 9.36. The molecule has 0 saturated carbocycles. The third kappa shape index (κ3) is 5.86. The smallest absolute Gasteiger partial charge is 0.222 e. The molecule has 2 N–H and O–H groups in total. The molecule has 1 aromatic heterocycles. The van der Waals surface area contributed by atoms with Gasteiger partial charge in [0.05, 0.1) is 4.47 Å². The normalized spacial score (nSPS) is 18.8. The average molecular weight is 344 g/mol. The van der Waals surface area contributed by atoms with E-state index in [1.54, 1.807) is 12.4 Å². The molecular weight excluding hydrogens is 327 g/mol. The predicted octanol–water partition coefficient (Wildman–Crippen LogP) is 2.64. The molecule has 0 amide bonds. The fraction of sp³-hybridized carbons (Fsp3) is 0.600. The van der Waals surface area contributed by atoms with Crippen molar-refractivity contribution in [2.75, 3.05) is 18.4 Å². The Morgan fingerprint density at radius 1 is 1.29 bits per heavy atom. The Balaban J connectivity index is 0.00000128. The third-order valence-corrected chi connectivity index (χ3v) is 2.95. The van der Waals surface area contributed by atoms with E-state index in [9.17, 15) is 0 Å². The Labute approximate surface area is 122 Å². The number of aromatic nitrogens is 2. The molecule has 1 aromatic rings. The van der Waals surface area contributed by atoms with Crippen LogP contribution in [-0.2, 0) is 0 Å². The summed E-state index contributed by atoms with van der Waals surface area (Å²) in [7, 11) is 0. The molecule has 1 aliphatic heterocycles. The van der Waals surface area contributed by atoms with Crippen LogP contribution >= 0.6 is 40.7 Å². The van der Waals surface area contributed by atoms with Crippen molar-refractivity contribution in [1.82, 2.24) is 15.3 Å². The van der Waals surface area contributed by atoms with E-state index in [-0.39, 0.29) is 24.8 Å². The number of halogens is 3. The van der Waals surface area contributed by atoms with Crippen molar-refractivity contribution in [2.45, 2.75) is 25.3 Å². The molecule has 7 heteroatoms. The first kappa shape index (κ1) is 16.9. The standard InChI is InChI=1S/C10H15BrN4.2ClH/c11-8-5-13-10(14-6-8)15-7-9-3-1-2-4-12-9;;/h5-6,9,12H,1-4,7H2,(H,13,14,15);2*1H/t9-;;/m0../s1. The summed E-state index contributed by atoms with van der Waals surface area (Å²) in [5, 5.41) is 6.71. The summed E-state index contributed by atoms with van der Waals surface area (Å²) in [6.07, 6.45) is 7.36. The van der Waals surface area contributed by atoms with Gasteiger partial charge in [-0.1, -0.05) is 6.42 Å². The Morgan fingerprint density at radius 2 is 2.00 bits per heavy atom. The van der Waals surface area contributed by atoms with Gasteiger partial charge in [0, 0.05) is 25.0 Å². The zero-order valence-corrected chi connectivity index (χ0v) is 12.6. The lowest BCUT2D eigenvalue weighted by molar-refractivity contribution is 0.413. The Bertz CT molecular complexity index is 304. The summed E-state index contributed by atoms with van der Waals surface area (Å²) in [5.41, 5.74) is 0. The van der Waals surface area contributed by atoms with Crippen LogP contribution in [0.3, 0.4) is 0 Å². The van der Waals surface area contributed by atoms with E-state index in [4.69, 9.17) is 0 Å². The average Bonchev–Trinajstić information content (AvgIpc) is 2.30. The van der Waals surface area contributed by atoms with E-state index in [0.717, 1.165) is 17.6 Å². The maximum absolute atomic E-state index is 4.17. The highest BCUT2D eigenvalue weighted by molar-refractivity contribution is 9.10. The van der Waals surface area contributed by atoms with Crippen LogP contribution < -0.4 is 10.6 Å². The van der Waals surface area contributed by atoms with E-state index in [1.165, 1.54) is 19.3 Å². The molecule has 0 radical (unpaired) electrons. The molecule has 2 heterocycles. The van der Waals surface area contributed by atoms with E-state index in [2.05, 4.69) is 36.5 Å². The van der Waals surface area contributed by atoms with Crippen LogP contribution in [0.5, 0.6) is 0 Å². The van der Waals surface area contributed by atoms with Crippen molar-refractivity contribution in [3.8, 4) is 0 Å². The minimum atomic E-state index is 0. The van der Waals surface area contributed by atoms with Gasteiger partial charge in [0.15, 0.2) is 0 Å². The van der Waals surface area contributed by atoms with Gasteiger partial charge >= 0.3 is 0 Å². The van der Waals surface area contributed by atoms with Gasteiger partial charge in [0.1, 0.15) is 0 Å². The van der Waals surface area contributed by atoms with Crippen LogP contribution in [0.15, 0.2) is 16.9 Å². The largest absolute Gasteiger partial charge is 0.353 e. The Hall–Kier alpha value is -0.100. The van der Waals surface area contributed by atoms with Crippen LogP contribution in [0.25, 0.3) is 0 Å². The fourth-order valence-electron chi connectivity index (χ4n) is 1.72. The minimum absolute atomic E-state index is 0. The molecule has 4 nitrogen and oxygen atoms in total. The van der Waals surface area contributed by atoms with Gasteiger partial charge in [0.2, 0.25) is 5.95 Å². The lowest BCUT2D eigenvalue weighted by Gasteiger charge is -2.23. The highest BCUT2D eigenvalue weighted by atomic mass is 79.9.